The molecule has 1 aromatic heterocycles. The Morgan fingerprint density at radius 3 is 2.80 bits per heavy atom. The minimum absolute atomic E-state index is 0.152. The number of hydrogen-bond donors (Lipinski definition) is 2. The van der Waals surface area contributed by atoms with Crippen LogP contribution in [0.5, 0.6) is 5.19 Å². The first-order chi connectivity index (χ1) is 6.90. The molecule has 15 heavy (non-hydrogen) atoms. The Balaban J connectivity index is 2.51. The van der Waals surface area contributed by atoms with Gasteiger partial charge < -0.3 is 15.2 Å². The first kappa shape index (κ1) is 11.9. The molecule has 0 bridgehead atoms. The minimum Gasteiger partial charge on any atom is -0.390 e. The molecule has 0 unspecified atom stereocenters. The number of thiazole rings is 1. The summed E-state index contributed by atoms with van der Waals surface area (Å²) in [5, 5.41) is 13.3. The average molecular weight is 230 g/mol. The van der Waals surface area contributed by atoms with E-state index in [9.17, 15) is 4.79 Å². The van der Waals surface area contributed by atoms with Gasteiger partial charge >= 0.3 is 6.09 Å². The molecule has 1 amide bonds. The lowest BCUT2D eigenvalue weighted by atomic mass is 10.1. The van der Waals surface area contributed by atoms with E-state index >= 15 is 0 Å². The van der Waals surface area contributed by atoms with E-state index in [1.807, 2.05) is 20.8 Å². The van der Waals surface area contributed by atoms with Gasteiger partial charge in [-0.1, -0.05) is 11.3 Å². The van der Waals surface area contributed by atoms with Crippen LogP contribution in [0.15, 0.2) is 5.38 Å². The van der Waals surface area contributed by atoms with Gasteiger partial charge in [-0.05, 0) is 20.8 Å². The van der Waals surface area contributed by atoms with Crippen LogP contribution < -0.4 is 10.1 Å². The predicted octanol–water partition coefficient (Wildman–Crippen LogP) is 1.52. The number of aromatic nitrogens is 1. The van der Waals surface area contributed by atoms with E-state index in [-0.39, 0.29) is 17.3 Å². The van der Waals surface area contributed by atoms with Crippen LogP contribution in [0.1, 0.15) is 26.5 Å². The maximum absolute atomic E-state index is 11.3. The normalized spacial score (nSPS) is 11.2. The predicted molar refractivity (Wildman–Crippen MR) is 56.9 cm³/mol. The minimum atomic E-state index is -0.540. The Hall–Kier alpha value is -1.14. The highest BCUT2D eigenvalue weighted by Crippen LogP contribution is 2.18. The first-order valence-corrected chi connectivity index (χ1v) is 5.34. The molecule has 0 saturated heterocycles. The molecule has 0 aliphatic rings. The SMILES string of the molecule is CC(C)(C)NC(=O)Oc1nc(CO)cs1. The number of aliphatic hydroxyl groups is 1. The van der Waals surface area contributed by atoms with Crippen LogP contribution in [0, 0.1) is 0 Å². The van der Waals surface area contributed by atoms with Gasteiger partial charge in [0.2, 0.25) is 0 Å². The molecule has 0 aromatic carbocycles. The van der Waals surface area contributed by atoms with Gasteiger partial charge in [0.1, 0.15) is 0 Å². The van der Waals surface area contributed by atoms with Crippen molar-refractivity contribution in [2.75, 3.05) is 0 Å². The average Bonchev–Trinajstić information content (AvgIpc) is 2.48. The zero-order valence-electron chi connectivity index (χ0n) is 8.90. The number of nitrogens with zero attached hydrogens (tertiary/aromatic N) is 1. The second-order valence-electron chi connectivity index (χ2n) is 4.03. The lowest BCUT2D eigenvalue weighted by molar-refractivity contribution is 0.190. The van der Waals surface area contributed by atoms with Crippen molar-refractivity contribution in [2.24, 2.45) is 0 Å². The van der Waals surface area contributed by atoms with Gasteiger partial charge in [0, 0.05) is 10.9 Å². The summed E-state index contributed by atoms with van der Waals surface area (Å²) in [4.78, 5) is 15.2. The van der Waals surface area contributed by atoms with Crippen molar-refractivity contribution >= 4 is 17.4 Å². The van der Waals surface area contributed by atoms with Crippen LogP contribution in [0.2, 0.25) is 0 Å². The standard InChI is InChI=1S/C9H14N2O3S/c1-9(2,3)11-7(13)14-8-10-6(4-12)5-15-8/h5,12H,4H2,1-3H3,(H,11,13). The molecular weight excluding hydrogens is 216 g/mol. The van der Waals surface area contributed by atoms with E-state index < -0.39 is 6.09 Å². The summed E-state index contributed by atoms with van der Waals surface area (Å²) in [7, 11) is 0. The molecule has 1 heterocycles. The highest BCUT2D eigenvalue weighted by molar-refractivity contribution is 7.11. The summed E-state index contributed by atoms with van der Waals surface area (Å²) in [5.74, 6) is 0. The monoisotopic (exact) mass is 230 g/mol. The lowest BCUT2D eigenvalue weighted by Gasteiger charge is -2.18. The molecule has 1 rings (SSSR count). The second kappa shape index (κ2) is 4.59. The van der Waals surface area contributed by atoms with E-state index in [1.165, 1.54) is 11.3 Å². The van der Waals surface area contributed by atoms with Crippen LogP contribution >= 0.6 is 11.3 Å². The second-order valence-corrected chi connectivity index (χ2v) is 4.85. The molecule has 0 aliphatic heterocycles. The van der Waals surface area contributed by atoms with Crippen LogP contribution in [0.4, 0.5) is 4.79 Å². The number of carbonyl (C=O) groups excluding carboxylic acids is 1. The third kappa shape index (κ3) is 4.26. The molecule has 0 spiro atoms. The molecule has 0 aliphatic carbocycles. The van der Waals surface area contributed by atoms with E-state index in [0.717, 1.165) is 0 Å². The molecule has 6 heteroatoms. The summed E-state index contributed by atoms with van der Waals surface area (Å²) >= 11 is 1.17. The Morgan fingerprint density at radius 2 is 2.33 bits per heavy atom. The van der Waals surface area contributed by atoms with Crippen LogP contribution in [-0.4, -0.2) is 21.7 Å². The van der Waals surface area contributed by atoms with E-state index in [1.54, 1.807) is 5.38 Å². The number of nitrogens with one attached hydrogen (secondary N) is 1. The summed E-state index contributed by atoms with van der Waals surface area (Å²) in [6.45, 7) is 5.42. The Labute approximate surface area is 92.1 Å². The fraction of sp³-hybridized carbons (Fsp3) is 0.556. The molecule has 0 radical (unpaired) electrons. The summed E-state index contributed by atoms with van der Waals surface area (Å²) < 4.78 is 4.92. The third-order valence-electron chi connectivity index (χ3n) is 1.35. The maximum atomic E-state index is 11.3. The van der Waals surface area contributed by atoms with Crippen molar-refractivity contribution in [3.8, 4) is 5.19 Å². The van der Waals surface area contributed by atoms with E-state index in [4.69, 9.17) is 9.84 Å². The van der Waals surface area contributed by atoms with Crippen LogP contribution in [-0.2, 0) is 6.61 Å². The number of rotatable bonds is 2. The van der Waals surface area contributed by atoms with Crippen molar-refractivity contribution < 1.29 is 14.6 Å². The van der Waals surface area contributed by atoms with Gasteiger partial charge in [0.15, 0.2) is 0 Å². The molecule has 0 saturated carbocycles. The molecule has 2 N–H and O–H groups in total. The fourth-order valence-corrected chi connectivity index (χ4v) is 1.48. The molecule has 0 fully saturated rings. The van der Waals surface area contributed by atoms with Gasteiger partial charge in [-0.15, -0.1) is 0 Å². The smallest absolute Gasteiger partial charge is 0.390 e. The molecular formula is C9H14N2O3S. The van der Waals surface area contributed by atoms with Crippen molar-refractivity contribution in [1.29, 1.82) is 0 Å². The summed E-state index contributed by atoms with van der Waals surface area (Å²) in [6.07, 6.45) is -0.540. The van der Waals surface area contributed by atoms with Crippen LogP contribution in [0.3, 0.4) is 0 Å². The summed E-state index contributed by atoms with van der Waals surface area (Å²) in [5.41, 5.74) is 0.160. The van der Waals surface area contributed by atoms with Crippen molar-refractivity contribution in [3.63, 3.8) is 0 Å². The number of hydrogen-bond acceptors (Lipinski definition) is 5. The highest BCUT2D eigenvalue weighted by atomic mass is 32.1. The Bertz CT molecular complexity index is 343. The third-order valence-corrected chi connectivity index (χ3v) is 2.12. The zero-order valence-corrected chi connectivity index (χ0v) is 9.72. The largest absolute Gasteiger partial charge is 0.414 e. The van der Waals surface area contributed by atoms with Gasteiger partial charge in [-0.3, -0.25) is 0 Å². The van der Waals surface area contributed by atoms with Crippen molar-refractivity contribution in [2.45, 2.75) is 32.9 Å². The van der Waals surface area contributed by atoms with E-state index in [2.05, 4.69) is 10.3 Å². The Kier molecular flexibility index (Phi) is 3.65. The number of amides is 1. The first-order valence-electron chi connectivity index (χ1n) is 4.46. The van der Waals surface area contributed by atoms with Gasteiger partial charge in [0.25, 0.3) is 5.19 Å². The highest BCUT2D eigenvalue weighted by Gasteiger charge is 2.16. The van der Waals surface area contributed by atoms with Gasteiger partial charge in [-0.2, -0.15) is 0 Å². The zero-order chi connectivity index (χ0) is 11.5. The van der Waals surface area contributed by atoms with E-state index in [0.29, 0.717) is 5.69 Å². The van der Waals surface area contributed by atoms with Gasteiger partial charge in [0.05, 0.1) is 12.3 Å². The molecule has 84 valence electrons. The fourth-order valence-electron chi connectivity index (χ4n) is 0.819. The van der Waals surface area contributed by atoms with Crippen molar-refractivity contribution in [3.05, 3.63) is 11.1 Å². The van der Waals surface area contributed by atoms with Crippen molar-refractivity contribution in [1.82, 2.24) is 10.3 Å². The lowest BCUT2D eigenvalue weighted by Crippen LogP contribution is -2.42. The van der Waals surface area contributed by atoms with Gasteiger partial charge in [-0.25, -0.2) is 9.78 Å². The molecule has 0 atom stereocenters. The topological polar surface area (TPSA) is 71.5 Å². The number of carbonyl (C=O) groups is 1. The number of aliphatic hydroxyl groups excluding tert-OH is 1. The molecule has 1 aromatic rings. The number of ether oxygens (including phenoxy) is 1. The quantitative estimate of drug-likeness (QED) is 0.808. The van der Waals surface area contributed by atoms with Crippen LogP contribution in [0.25, 0.3) is 0 Å². The maximum Gasteiger partial charge on any atom is 0.414 e. The molecule has 5 nitrogen and oxygen atoms in total. The summed E-state index contributed by atoms with van der Waals surface area (Å²) in [6, 6.07) is 0. The Morgan fingerprint density at radius 1 is 1.67 bits per heavy atom.